The van der Waals surface area contributed by atoms with Crippen LogP contribution >= 0.6 is 0 Å². The normalized spacial score (nSPS) is 19.4. The first-order valence-electron chi connectivity index (χ1n) is 8.50. The highest BCUT2D eigenvalue weighted by atomic mass is 16.5. The van der Waals surface area contributed by atoms with Gasteiger partial charge in [0, 0.05) is 50.7 Å². The monoisotopic (exact) mass is 347 g/mol. The maximum absolute atomic E-state index is 12.7. The Kier molecular flexibility index (Phi) is 4.91. The largest absolute Gasteiger partial charge is 0.389 e. The number of nitrogens with zero attached hydrogens (tertiary/aromatic N) is 5. The summed E-state index contributed by atoms with van der Waals surface area (Å²) in [5.41, 5.74) is -0.413. The van der Waals surface area contributed by atoms with Crippen LogP contribution in [0.3, 0.4) is 0 Å². The summed E-state index contributed by atoms with van der Waals surface area (Å²) in [4.78, 5) is 16.7. The molecule has 8 nitrogen and oxygen atoms in total. The third-order valence-electron chi connectivity index (χ3n) is 4.24. The van der Waals surface area contributed by atoms with Crippen LogP contribution in [0.15, 0.2) is 29.0 Å². The predicted molar refractivity (Wildman–Crippen MR) is 91.1 cm³/mol. The second kappa shape index (κ2) is 6.97. The van der Waals surface area contributed by atoms with Crippen molar-refractivity contribution in [2.75, 3.05) is 26.2 Å². The third-order valence-corrected chi connectivity index (χ3v) is 4.24. The Hall–Kier alpha value is -2.19. The minimum Gasteiger partial charge on any atom is -0.389 e. The standard InChI is InChI=1S/C17H25N5O3/c1-13-10-20(12-17(2,3)24)7-8-22(13)16(23)15-9-14(25-19-15)11-21-6-4-5-18-21/h4-6,9,13,24H,7-8,10-12H2,1-3H3. The van der Waals surface area contributed by atoms with Gasteiger partial charge in [-0.15, -0.1) is 0 Å². The number of carbonyl (C=O) groups is 1. The summed E-state index contributed by atoms with van der Waals surface area (Å²) in [5.74, 6) is 0.478. The van der Waals surface area contributed by atoms with Gasteiger partial charge >= 0.3 is 0 Å². The molecule has 136 valence electrons. The van der Waals surface area contributed by atoms with Crippen molar-refractivity contribution >= 4 is 5.91 Å². The summed E-state index contributed by atoms with van der Waals surface area (Å²) >= 11 is 0. The van der Waals surface area contributed by atoms with E-state index < -0.39 is 5.60 Å². The summed E-state index contributed by atoms with van der Waals surface area (Å²) in [6.45, 7) is 8.72. The van der Waals surface area contributed by atoms with E-state index in [0.717, 1.165) is 13.1 Å². The van der Waals surface area contributed by atoms with Gasteiger partial charge in [-0.2, -0.15) is 5.10 Å². The molecule has 1 amide bonds. The van der Waals surface area contributed by atoms with Crippen molar-refractivity contribution in [3.63, 3.8) is 0 Å². The molecule has 0 saturated carbocycles. The van der Waals surface area contributed by atoms with E-state index in [9.17, 15) is 9.90 Å². The molecule has 25 heavy (non-hydrogen) atoms. The van der Waals surface area contributed by atoms with E-state index in [2.05, 4.69) is 15.2 Å². The zero-order valence-electron chi connectivity index (χ0n) is 14.9. The number of amides is 1. The molecule has 3 heterocycles. The number of aliphatic hydroxyl groups is 1. The first-order chi connectivity index (χ1) is 11.8. The molecule has 1 aliphatic rings. The Labute approximate surface area is 147 Å². The number of hydrogen-bond acceptors (Lipinski definition) is 6. The topological polar surface area (TPSA) is 87.6 Å². The highest BCUT2D eigenvalue weighted by Gasteiger charge is 2.31. The Morgan fingerprint density at radius 3 is 2.88 bits per heavy atom. The molecule has 2 aromatic rings. The van der Waals surface area contributed by atoms with Crippen molar-refractivity contribution in [1.29, 1.82) is 0 Å². The van der Waals surface area contributed by atoms with Crippen LogP contribution in [0.1, 0.15) is 37.0 Å². The first-order valence-corrected chi connectivity index (χ1v) is 8.50. The lowest BCUT2D eigenvalue weighted by atomic mass is 10.1. The fourth-order valence-corrected chi connectivity index (χ4v) is 3.21. The molecule has 1 fully saturated rings. The van der Waals surface area contributed by atoms with Crippen LogP contribution in [0.25, 0.3) is 0 Å². The van der Waals surface area contributed by atoms with Crippen LogP contribution in [0.4, 0.5) is 0 Å². The van der Waals surface area contributed by atoms with Gasteiger partial charge in [0.25, 0.3) is 5.91 Å². The number of aromatic nitrogens is 3. The predicted octanol–water partition coefficient (Wildman–Crippen LogP) is 0.837. The Morgan fingerprint density at radius 1 is 1.44 bits per heavy atom. The maximum Gasteiger partial charge on any atom is 0.276 e. The summed E-state index contributed by atoms with van der Waals surface area (Å²) in [5, 5.41) is 18.0. The molecule has 1 aliphatic heterocycles. The first kappa shape index (κ1) is 17.6. The number of β-amino-alcohol motifs (C(OH)–C–C–N with tert-alkyl or cyclic N) is 1. The van der Waals surface area contributed by atoms with Crippen LogP contribution in [-0.4, -0.2) is 73.6 Å². The third kappa shape index (κ3) is 4.46. The molecule has 0 radical (unpaired) electrons. The number of carbonyl (C=O) groups excluding carboxylic acids is 1. The molecule has 1 atom stereocenters. The molecular formula is C17H25N5O3. The van der Waals surface area contributed by atoms with Gasteiger partial charge in [0.15, 0.2) is 11.5 Å². The lowest BCUT2D eigenvalue weighted by Crippen LogP contribution is -2.56. The zero-order valence-corrected chi connectivity index (χ0v) is 14.9. The van der Waals surface area contributed by atoms with E-state index in [4.69, 9.17) is 4.52 Å². The van der Waals surface area contributed by atoms with Crippen LogP contribution in [0.5, 0.6) is 0 Å². The van der Waals surface area contributed by atoms with Crippen LogP contribution in [0.2, 0.25) is 0 Å². The number of hydrogen-bond donors (Lipinski definition) is 1. The molecule has 0 spiro atoms. The smallest absolute Gasteiger partial charge is 0.276 e. The summed E-state index contributed by atoms with van der Waals surface area (Å²) in [7, 11) is 0. The van der Waals surface area contributed by atoms with Gasteiger partial charge in [0.2, 0.25) is 0 Å². The Bertz CT molecular complexity index is 704. The molecule has 1 N–H and O–H groups in total. The molecule has 2 aromatic heterocycles. The molecule has 1 unspecified atom stereocenters. The highest BCUT2D eigenvalue weighted by Crippen LogP contribution is 2.16. The molecule has 0 aliphatic carbocycles. The molecule has 0 aromatic carbocycles. The summed E-state index contributed by atoms with van der Waals surface area (Å²) in [6.07, 6.45) is 3.52. The molecule has 1 saturated heterocycles. The minimum atomic E-state index is -0.737. The summed E-state index contributed by atoms with van der Waals surface area (Å²) < 4.78 is 6.99. The van der Waals surface area contributed by atoms with Gasteiger partial charge in [-0.1, -0.05) is 5.16 Å². The van der Waals surface area contributed by atoms with Gasteiger partial charge < -0.3 is 14.5 Å². The van der Waals surface area contributed by atoms with Gasteiger partial charge in [-0.3, -0.25) is 14.4 Å². The van der Waals surface area contributed by atoms with Crippen molar-refractivity contribution < 1.29 is 14.4 Å². The van der Waals surface area contributed by atoms with Crippen LogP contribution in [-0.2, 0) is 6.54 Å². The zero-order chi connectivity index (χ0) is 18.0. The van der Waals surface area contributed by atoms with Gasteiger partial charge in [0.1, 0.15) is 6.54 Å². The van der Waals surface area contributed by atoms with E-state index in [1.807, 2.05) is 24.1 Å². The Morgan fingerprint density at radius 2 is 2.24 bits per heavy atom. The quantitative estimate of drug-likeness (QED) is 0.862. The molecular weight excluding hydrogens is 322 g/mol. The average Bonchev–Trinajstić information content (AvgIpc) is 3.17. The van der Waals surface area contributed by atoms with Gasteiger partial charge in [-0.05, 0) is 26.8 Å². The van der Waals surface area contributed by atoms with Crippen molar-refractivity contribution in [1.82, 2.24) is 24.7 Å². The van der Waals surface area contributed by atoms with E-state index in [1.165, 1.54) is 0 Å². The highest BCUT2D eigenvalue weighted by molar-refractivity contribution is 5.92. The van der Waals surface area contributed by atoms with Gasteiger partial charge in [-0.25, -0.2) is 0 Å². The molecule has 8 heteroatoms. The molecule has 3 rings (SSSR count). The lowest BCUT2D eigenvalue weighted by Gasteiger charge is -2.41. The van der Waals surface area contributed by atoms with E-state index >= 15 is 0 Å². The number of rotatable bonds is 5. The van der Waals surface area contributed by atoms with Gasteiger partial charge in [0.05, 0.1) is 5.60 Å². The van der Waals surface area contributed by atoms with E-state index in [0.29, 0.717) is 31.1 Å². The second-order valence-corrected chi connectivity index (χ2v) is 7.28. The molecule has 0 bridgehead atoms. The average molecular weight is 347 g/mol. The fourth-order valence-electron chi connectivity index (χ4n) is 3.21. The van der Waals surface area contributed by atoms with Crippen molar-refractivity contribution in [2.45, 2.75) is 39.0 Å². The minimum absolute atomic E-state index is 0.0508. The fraction of sp³-hybridized carbons (Fsp3) is 0.588. The maximum atomic E-state index is 12.7. The number of piperazine rings is 1. The van der Waals surface area contributed by atoms with Crippen LogP contribution in [0, 0.1) is 0 Å². The van der Waals surface area contributed by atoms with Crippen molar-refractivity contribution in [2.24, 2.45) is 0 Å². The second-order valence-electron chi connectivity index (χ2n) is 7.28. The lowest BCUT2D eigenvalue weighted by molar-refractivity contribution is 0.00551. The van der Waals surface area contributed by atoms with Crippen LogP contribution < -0.4 is 0 Å². The van der Waals surface area contributed by atoms with E-state index in [1.54, 1.807) is 30.8 Å². The summed E-state index contributed by atoms with van der Waals surface area (Å²) in [6, 6.07) is 3.56. The van der Waals surface area contributed by atoms with Crippen molar-refractivity contribution in [3.05, 3.63) is 36.0 Å². The van der Waals surface area contributed by atoms with Crippen molar-refractivity contribution in [3.8, 4) is 0 Å². The Balaban J connectivity index is 1.61. The van der Waals surface area contributed by atoms with E-state index in [-0.39, 0.29) is 11.9 Å². The SMILES string of the molecule is CC1CN(CC(C)(C)O)CCN1C(=O)c1cc(Cn2cccn2)on1.